The number of hydrogen-bond acceptors (Lipinski definition) is 4. The first-order chi connectivity index (χ1) is 9.19. The predicted molar refractivity (Wildman–Crippen MR) is 81.6 cm³/mol. The number of esters is 1. The van der Waals surface area contributed by atoms with Gasteiger partial charge >= 0.3 is 5.97 Å². The topological polar surface area (TPSA) is 38.3 Å². The molecule has 1 aromatic rings. The Labute approximate surface area is 120 Å². The van der Waals surface area contributed by atoms with Crippen LogP contribution < -0.4 is 5.32 Å². The highest BCUT2D eigenvalue weighted by atomic mass is 32.2. The highest BCUT2D eigenvalue weighted by Gasteiger charge is 2.20. The van der Waals surface area contributed by atoms with Gasteiger partial charge in [-0.2, -0.15) is 11.8 Å². The van der Waals surface area contributed by atoms with Crippen molar-refractivity contribution in [2.75, 3.05) is 32.2 Å². The average molecular weight is 281 g/mol. The van der Waals surface area contributed by atoms with Crippen LogP contribution >= 0.6 is 11.8 Å². The van der Waals surface area contributed by atoms with Crippen LogP contribution in [0, 0.1) is 5.92 Å². The smallest absolute Gasteiger partial charge is 0.314 e. The number of carbonyl (C=O) groups is 1. The van der Waals surface area contributed by atoms with E-state index in [1.165, 1.54) is 7.11 Å². The molecule has 0 fully saturated rings. The first kappa shape index (κ1) is 16.1. The molecule has 0 aliphatic heterocycles. The van der Waals surface area contributed by atoms with Gasteiger partial charge in [0.05, 0.1) is 13.0 Å². The fourth-order valence-electron chi connectivity index (χ4n) is 1.98. The molecular weight excluding hydrogens is 258 g/mol. The normalized spacial score (nSPS) is 13.8. The van der Waals surface area contributed by atoms with Crippen molar-refractivity contribution in [3.63, 3.8) is 0 Å². The lowest BCUT2D eigenvalue weighted by Gasteiger charge is -2.17. The van der Waals surface area contributed by atoms with Crippen molar-refractivity contribution in [3.05, 3.63) is 35.9 Å². The standard InChI is InChI=1S/C15H23NO2S/c1-12(11-19-3)9-16-10-14(15(17)18-2)13-7-5-4-6-8-13/h4-8,12,14,16H,9-11H2,1-3H3. The van der Waals surface area contributed by atoms with Crippen LogP contribution in [0.3, 0.4) is 0 Å². The van der Waals surface area contributed by atoms with Crippen LogP contribution in [-0.2, 0) is 9.53 Å². The molecule has 0 heterocycles. The molecule has 0 amide bonds. The monoisotopic (exact) mass is 281 g/mol. The Bertz CT molecular complexity index is 370. The summed E-state index contributed by atoms with van der Waals surface area (Å²) in [7, 11) is 1.44. The van der Waals surface area contributed by atoms with Crippen molar-refractivity contribution in [2.24, 2.45) is 5.92 Å². The lowest BCUT2D eigenvalue weighted by Crippen LogP contribution is -2.31. The Morgan fingerprint density at radius 1 is 1.32 bits per heavy atom. The highest BCUT2D eigenvalue weighted by Crippen LogP contribution is 2.16. The zero-order valence-corrected chi connectivity index (χ0v) is 12.7. The van der Waals surface area contributed by atoms with E-state index >= 15 is 0 Å². The molecule has 2 unspecified atom stereocenters. The molecule has 0 saturated carbocycles. The number of ether oxygens (including phenoxy) is 1. The number of rotatable bonds is 8. The first-order valence-electron chi connectivity index (χ1n) is 6.51. The molecular formula is C15H23NO2S. The van der Waals surface area contributed by atoms with Gasteiger partial charge in [-0.15, -0.1) is 0 Å². The number of methoxy groups -OCH3 is 1. The van der Waals surface area contributed by atoms with E-state index in [1.807, 2.05) is 42.1 Å². The summed E-state index contributed by atoms with van der Waals surface area (Å²) >= 11 is 1.84. The molecule has 4 heteroatoms. The van der Waals surface area contributed by atoms with Gasteiger partial charge in [-0.05, 0) is 30.0 Å². The molecule has 0 aliphatic carbocycles. The minimum absolute atomic E-state index is 0.184. The molecule has 0 bridgehead atoms. The maximum atomic E-state index is 11.8. The number of hydrogen-bond donors (Lipinski definition) is 1. The molecule has 0 spiro atoms. The van der Waals surface area contributed by atoms with Crippen LogP contribution in [-0.4, -0.2) is 38.2 Å². The summed E-state index contributed by atoms with van der Waals surface area (Å²) in [5, 5.41) is 3.37. The van der Waals surface area contributed by atoms with Crippen LogP contribution in [0.25, 0.3) is 0 Å². The van der Waals surface area contributed by atoms with Crippen LogP contribution in [0.2, 0.25) is 0 Å². The van der Waals surface area contributed by atoms with Crippen LogP contribution in [0.1, 0.15) is 18.4 Å². The summed E-state index contributed by atoms with van der Waals surface area (Å²) in [5.41, 5.74) is 0.999. The molecule has 0 saturated heterocycles. The third kappa shape index (κ3) is 5.66. The number of thioether (sulfide) groups is 1. The second kappa shape index (κ2) is 8.99. The van der Waals surface area contributed by atoms with E-state index < -0.39 is 0 Å². The molecule has 106 valence electrons. The SMILES string of the molecule is COC(=O)C(CNCC(C)CSC)c1ccccc1. The fraction of sp³-hybridized carbons (Fsp3) is 0.533. The minimum atomic E-state index is -0.229. The minimum Gasteiger partial charge on any atom is -0.469 e. The van der Waals surface area contributed by atoms with Gasteiger partial charge in [0, 0.05) is 6.54 Å². The lowest BCUT2D eigenvalue weighted by molar-refractivity contribution is -0.142. The highest BCUT2D eigenvalue weighted by molar-refractivity contribution is 7.98. The second-order valence-electron chi connectivity index (χ2n) is 4.71. The molecule has 2 atom stereocenters. The fourth-order valence-corrected chi connectivity index (χ4v) is 2.67. The third-order valence-corrected chi connectivity index (χ3v) is 3.88. The Balaban J connectivity index is 2.55. The summed E-state index contributed by atoms with van der Waals surface area (Å²) in [6, 6.07) is 9.78. The largest absolute Gasteiger partial charge is 0.469 e. The Kier molecular flexibility index (Phi) is 7.60. The molecule has 19 heavy (non-hydrogen) atoms. The van der Waals surface area contributed by atoms with Gasteiger partial charge in [-0.1, -0.05) is 37.3 Å². The Hall–Kier alpha value is -1.00. The van der Waals surface area contributed by atoms with E-state index in [-0.39, 0.29) is 11.9 Å². The molecule has 1 N–H and O–H groups in total. The van der Waals surface area contributed by atoms with Gasteiger partial charge in [0.25, 0.3) is 0 Å². The van der Waals surface area contributed by atoms with E-state index in [2.05, 4.69) is 18.5 Å². The van der Waals surface area contributed by atoms with E-state index in [0.717, 1.165) is 17.9 Å². The van der Waals surface area contributed by atoms with Crippen LogP contribution in [0.15, 0.2) is 30.3 Å². The van der Waals surface area contributed by atoms with Crippen molar-refractivity contribution >= 4 is 17.7 Å². The molecule has 0 aromatic heterocycles. The van der Waals surface area contributed by atoms with Crippen molar-refractivity contribution in [1.29, 1.82) is 0 Å². The summed E-state index contributed by atoms with van der Waals surface area (Å²) in [6.45, 7) is 3.75. The zero-order chi connectivity index (χ0) is 14.1. The first-order valence-corrected chi connectivity index (χ1v) is 7.90. The Morgan fingerprint density at radius 2 is 2.00 bits per heavy atom. The summed E-state index contributed by atoms with van der Waals surface area (Å²) in [6.07, 6.45) is 2.11. The molecule has 1 aromatic carbocycles. The maximum absolute atomic E-state index is 11.8. The van der Waals surface area contributed by atoms with Crippen LogP contribution in [0.5, 0.6) is 0 Å². The molecule has 0 aliphatic rings. The van der Waals surface area contributed by atoms with Crippen LogP contribution in [0.4, 0.5) is 0 Å². The van der Waals surface area contributed by atoms with Gasteiger partial charge in [0.1, 0.15) is 0 Å². The number of carbonyl (C=O) groups excluding carboxylic acids is 1. The summed E-state index contributed by atoms with van der Waals surface area (Å²) in [5.74, 6) is 1.31. The molecule has 0 radical (unpaired) electrons. The van der Waals surface area contributed by atoms with Gasteiger partial charge in [0.15, 0.2) is 0 Å². The van der Waals surface area contributed by atoms with Gasteiger partial charge in [0.2, 0.25) is 0 Å². The van der Waals surface area contributed by atoms with E-state index in [1.54, 1.807) is 0 Å². The van der Waals surface area contributed by atoms with E-state index in [4.69, 9.17) is 4.74 Å². The number of nitrogens with one attached hydrogen (secondary N) is 1. The number of benzene rings is 1. The predicted octanol–water partition coefficient (Wildman–Crippen LogP) is 2.53. The zero-order valence-electron chi connectivity index (χ0n) is 11.9. The van der Waals surface area contributed by atoms with Gasteiger partial charge < -0.3 is 10.1 Å². The van der Waals surface area contributed by atoms with E-state index in [0.29, 0.717) is 12.5 Å². The molecule has 3 nitrogen and oxygen atoms in total. The van der Waals surface area contributed by atoms with Gasteiger partial charge in [-0.3, -0.25) is 4.79 Å². The maximum Gasteiger partial charge on any atom is 0.314 e. The van der Waals surface area contributed by atoms with Gasteiger partial charge in [-0.25, -0.2) is 0 Å². The molecule has 1 rings (SSSR count). The Morgan fingerprint density at radius 3 is 2.58 bits per heavy atom. The van der Waals surface area contributed by atoms with E-state index in [9.17, 15) is 4.79 Å². The summed E-state index contributed by atoms with van der Waals surface area (Å²) in [4.78, 5) is 11.8. The second-order valence-corrected chi connectivity index (χ2v) is 5.62. The summed E-state index contributed by atoms with van der Waals surface area (Å²) < 4.78 is 4.89. The third-order valence-electron chi connectivity index (χ3n) is 2.98. The lowest BCUT2D eigenvalue weighted by atomic mass is 9.99. The van der Waals surface area contributed by atoms with Crippen molar-refractivity contribution in [3.8, 4) is 0 Å². The average Bonchev–Trinajstić information content (AvgIpc) is 2.44. The van der Waals surface area contributed by atoms with Crippen molar-refractivity contribution in [1.82, 2.24) is 5.32 Å². The van der Waals surface area contributed by atoms with Crippen molar-refractivity contribution < 1.29 is 9.53 Å². The van der Waals surface area contributed by atoms with Crippen molar-refractivity contribution in [2.45, 2.75) is 12.8 Å². The quantitative estimate of drug-likeness (QED) is 0.743.